The first kappa shape index (κ1) is 12.9. The summed E-state index contributed by atoms with van der Waals surface area (Å²) >= 11 is 0. The van der Waals surface area contributed by atoms with E-state index >= 15 is 0 Å². The number of hydrogen-bond donors (Lipinski definition) is 0. The molecule has 18 heavy (non-hydrogen) atoms. The molecule has 0 bridgehead atoms. The molecule has 2 rings (SSSR count). The molecule has 96 valence electrons. The van der Waals surface area contributed by atoms with E-state index in [4.69, 9.17) is 0 Å². The van der Waals surface area contributed by atoms with Gasteiger partial charge in [-0.3, -0.25) is 0 Å². The van der Waals surface area contributed by atoms with Crippen molar-refractivity contribution in [2.24, 2.45) is 0 Å². The number of hydrogen-bond acceptors (Lipinski definition) is 3. The first-order valence-corrected chi connectivity index (χ1v) is 6.70. The van der Waals surface area contributed by atoms with Gasteiger partial charge in [0.25, 0.3) is 0 Å². The van der Waals surface area contributed by atoms with Gasteiger partial charge in [0.1, 0.15) is 6.07 Å². The summed E-state index contributed by atoms with van der Waals surface area (Å²) in [6, 6.07) is 10.8. The average Bonchev–Trinajstić information content (AvgIpc) is 2.60. The lowest BCUT2D eigenvalue weighted by atomic mass is 10.1. The second kappa shape index (κ2) is 5.88. The fourth-order valence-corrected chi connectivity index (χ4v) is 2.73. The molecule has 3 heteroatoms. The zero-order chi connectivity index (χ0) is 13.0. The lowest BCUT2D eigenvalue weighted by Crippen LogP contribution is -2.40. The molecule has 1 saturated heterocycles. The van der Waals surface area contributed by atoms with Crippen molar-refractivity contribution in [2.45, 2.75) is 25.8 Å². The molecule has 1 fully saturated rings. The molecule has 1 aromatic carbocycles. The first-order valence-electron chi connectivity index (χ1n) is 6.70. The van der Waals surface area contributed by atoms with Gasteiger partial charge in [-0.05, 0) is 38.6 Å². The molecule has 0 amide bonds. The number of nitrogens with zero attached hydrogens (tertiary/aromatic N) is 3. The number of nitriles is 1. The quantitative estimate of drug-likeness (QED) is 0.799. The van der Waals surface area contributed by atoms with Crippen molar-refractivity contribution in [3.8, 4) is 6.07 Å². The normalized spacial score (nSPS) is 21.4. The van der Waals surface area contributed by atoms with Crippen LogP contribution in [-0.2, 0) is 0 Å². The largest absolute Gasteiger partial charge is 0.366 e. The number of rotatable bonds is 2. The molecule has 0 N–H and O–H groups in total. The van der Waals surface area contributed by atoms with E-state index in [2.05, 4.69) is 35.9 Å². The number of benzene rings is 1. The van der Waals surface area contributed by atoms with Crippen molar-refractivity contribution < 1.29 is 0 Å². The highest BCUT2D eigenvalue weighted by Crippen LogP contribution is 2.25. The summed E-state index contributed by atoms with van der Waals surface area (Å²) in [5, 5.41) is 9.24. The Hall–Kier alpha value is -1.53. The molecule has 0 spiro atoms. The Bertz CT molecular complexity index is 436. The van der Waals surface area contributed by atoms with Gasteiger partial charge in [0.15, 0.2) is 0 Å². The molecule has 0 radical (unpaired) electrons. The lowest BCUT2D eigenvalue weighted by Gasteiger charge is -2.32. The van der Waals surface area contributed by atoms with Crippen molar-refractivity contribution in [3.05, 3.63) is 29.8 Å². The molecule has 0 aliphatic carbocycles. The summed E-state index contributed by atoms with van der Waals surface area (Å²) < 4.78 is 0. The summed E-state index contributed by atoms with van der Waals surface area (Å²) in [4.78, 5) is 4.81. The maximum atomic E-state index is 9.24. The zero-order valence-electron chi connectivity index (χ0n) is 11.3. The van der Waals surface area contributed by atoms with Crippen LogP contribution in [-0.4, -0.2) is 37.6 Å². The first-order chi connectivity index (χ1) is 8.76. The van der Waals surface area contributed by atoms with E-state index in [0.717, 1.165) is 43.7 Å². The summed E-state index contributed by atoms with van der Waals surface area (Å²) in [6.45, 7) is 5.49. The van der Waals surface area contributed by atoms with Gasteiger partial charge < -0.3 is 9.80 Å². The van der Waals surface area contributed by atoms with Gasteiger partial charge in [0.2, 0.25) is 0 Å². The van der Waals surface area contributed by atoms with Crippen molar-refractivity contribution in [2.75, 3.05) is 31.6 Å². The van der Waals surface area contributed by atoms with Crippen LogP contribution < -0.4 is 4.90 Å². The predicted octanol–water partition coefficient (Wildman–Crippen LogP) is 2.48. The Morgan fingerprint density at radius 1 is 1.33 bits per heavy atom. The van der Waals surface area contributed by atoms with Crippen LogP contribution >= 0.6 is 0 Å². The van der Waals surface area contributed by atoms with Crippen LogP contribution in [0.15, 0.2) is 24.3 Å². The van der Waals surface area contributed by atoms with Gasteiger partial charge in [-0.15, -0.1) is 0 Å². The van der Waals surface area contributed by atoms with Crippen molar-refractivity contribution >= 4 is 5.69 Å². The minimum Gasteiger partial charge on any atom is -0.366 e. The van der Waals surface area contributed by atoms with Gasteiger partial charge in [0.05, 0.1) is 11.3 Å². The maximum Gasteiger partial charge on any atom is 0.101 e. The van der Waals surface area contributed by atoms with E-state index in [1.165, 1.54) is 0 Å². The monoisotopic (exact) mass is 243 g/mol. The Morgan fingerprint density at radius 2 is 2.11 bits per heavy atom. The van der Waals surface area contributed by atoms with E-state index in [1.54, 1.807) is 0 Å². The fraction of sp³-hybridized carbons (Fsp3) is 0.533. The van der Waals surface area contributed by atoms with Gasteiger partial charge in [-0.25, -0.2) is 0 Å². The summed E-state index contributed by atoms with van der Waals surface area (Å²) in [7, 11) is 2.18. The molecule has 1 aliphatic heterocycles. The molecule has 3 nitrogen and oxygen atoms in total. The van der Waals surface area contributed by atoms with E-state index in [0.29, 0.717) is 6.04 Å². The third-order valence-electron chi connectivity index (χ3n) is 3.71. The smallest absolute Gasteiger partial charge is 0.101 e. The Balaban J connectivity index is 2.32. The van der Waals surface area contributed by atoms with Crippen molar-refractivity contribution in [1.82, 2.24) is 4.90 Å². The highest BCUT2D eigenvalue weighted by molar-refractivity contribution is 5.60. The second-order valence-corrected chi connectivity index (χ2v) is 5.00. The van der Waals surface area contributed by atoms with Crippen molar-refractivity contribution in [3.63, 3.8) is 0 Å². The van der Waals surface area contributed by atoms with Crippen LogP contribution in [0.5, 0.6) is 0 Å². The molecular weight excluding hydrogens is 222 g/mol. The lowest BCUT2D eigenvalue weighted by molar-refractivity contribution is 0.328. The third-order valence-corrected chi connectivity index (χ3v) is 3.71. The van der Waals surface area contributed by atoms with E-state index in [9.17, 15) is 5.26 Å². The molecule has 0 saturated carbocycles. The van der Waals surface area contributed by atoms with Gasteiger partial charge in [-0.2, -0.15) is 5.26 Å². The SMILES string of the molecule is CCC1CN(C)CCCN1c1ccccc1C#N. The predicted molar refractivity (Wildman–Crippen MR) is 74.7 cm³/mol. The molecule has 1 atom stereocenters. The van der Waals surface area contributed by atoms with Crippen LogP contribution in [0, 0.1) is 11.3 Å². The molecule has 1 heterocycles. The maximum absolute atomic E-state index is 9.24. The zero-order valence-corrected chi connectivity index (χ0v) is 11.3. The topological polar surface area (TPSA) is 30.3 Å². The highest BCUT2D eigenvalue weighted by atomic mass is 15.2. The van der Waals surface area contributed by atoms with Crippen LogP contribution in [0.2, 0.25) is 0 Å². The molecular formula is C15H21N3. The van der Waals surface area contributed by atoms with E-state index < -0.39 is 0 Å². The molecule has 0 aromatic heterocycles. The standard InChI is InChI=1S/C15H21N3/c1-3-14-12-17(2)9-6-10-18(14)15-8-5-4-7-13(15)11-16/h4-5,7-8,14H,3,6,9-10,12H2,1-2H3. The Kier molecular flexibility index (Phi) is 4.22. The average molecular weight is 243 g/mol. The number of para-hydroxylation sites is 1. The van der Waals surface area contributed by atoms with Gasteiger partial charge in [0, 0.05) is 19.1 Å². The fourth-order valence-electron chi connectivity index (χ4n) is 2.73. The number of likely N-dealkylation sites (N-methyl/N-ethyl adjacent to an activating group) is 1. The van der Waals surface area contributed by atoms with Crippen LogP contribution in [0.25, 0.3) is 0 Å². The van der Waals surface area contributed by atoms with Crippen LogP contribution in [0.1, 0.15) is 25.3 Å². The second-order valence-electron chi connectivity index (χ2n) is 5.00. The van der Waals surface area contributed by atoms with E-state index in [-0.39, 0.29) is 0 Å². The molecule has 1 aliphatic rings. The van der Waals surface area contributed by atoms with Gasteiger partial charge >= 0.3 is 0 Å². The summed E-state index contributed by atoms with van der Waals surface area (Å²) in [5.74, 6) is 0. The minimum absolute atomic E-state index is 0.506. The van der Waals surface area contributed by atoms with E-state index in [1.807, 2.05) is 18.2 Å². The Labute approximate surface area is 110 Å². The summed E-state index contributed by atoms with van der Waals surface area (Å²) in [6.07, 6.45) is 2.27. The summed E-state index contributed by atoms with van der Waals surface area (Å²) in [5.41, 5.74) is 1.89. The van der Waals surface area contributed by atoms with Crippen LogP contribution in [0.3, 0.4) is 0 Å². The van der Waals surface area contributed by atoms with Gasteiger partial charge in [-0.1, -0.05) is 19.1 Å². The minimum atomic E-state index is 0.506. The molecule has 1 unspecified atom stereocenters. The Morgan fingerprint density at radius 3 is 2.83 bits per heavy atom. The van der Waals surface area contributed by atoms with Crippen LogP contribution in [0.4, 0.5) is 5.69 Å². The molecule has 1 aromatic rings. The number of anilines is 1. The third kappa shape index (κ3) is 2.65. The van der Waals surface area contributed by atoms with Crippen molar-refractivity contribution in [1.29, 1.82) is 5.26 Å². The highest BCUT2D eigenvalue weighted by Gasteiger charge is 2.23.